The molecule has 0 aliphatic carbocycles. The highest BCUT2D eigenvalue weighted by Crippen LogP contribution is 2.36. The van der Waals surface area contributed by atoms with Crippen molar-refractivity contribution in [1.29, 1.82) is 0 Å². The Kier molecular flexibility index (Phi) is 9.82. The Labute approximate surface area is 284 Å². The average molecular weight is 649 g/mol. The zero-order valence-corrected chi connectivity index (χ0v) is 28.9. The number of hydrogen-bond donors (Lipinski definition) is 5. The third-order valence-corrected chi connectivity index (χ3v) is 10.0. The Morgan fingerprint density at radius 3 is 2.40 bits per heavy atom. The van der Waals surface area contributed by atoms with Gasteiger partial charge in [0.2, 0.25) is 5.95 Å². The first kappa shape index (κ1) is 33.2. The first-order valence-electron chi connectivity index (χ1n) is 17.3. The summed E-state index contributed by atoms with van der Waals surface area (Å²) in [5.41, 5.74) is 30.5. The van der Waals surface area contributed by atoms with E-state index < -0.39 is 0 Å². The lowest BCUT2D eigenvalue weighted by Gasteiger charge is -2.41. The van der Waals surface area contributed by atoms with Crippen LogP contribution in [0.2, 0.25) is 0 Å². The summed E-state index contributed by atoms with van der Waals surface area (Å²) in [6.45, 7) is 17.4. The molecule has 8 N–H and O–H groups in total. The normalized spacial score (nSPS) is 18.3. The van der Waals surface area contributed by atoms with Gasteiger partial charge >= 0.3 is 0 Å². The Morgan fingerprint density at radius 2 is 1.69 bits per heavy atom. The average Bonchev–Trinajstić information content (AvgIpc) is 3.58. The molecule has 2 aromatic carbocycles. The van der Waals surface area contributed by atoms with Crippen molar-refractivity contribution in [3.8, 4) is 0 Å². The van der Waals surface area contributed by atoms with Crippen molar-refractivity contribution in [3.63, 3.8) is 0 Å². The van der Waals surface area contributed by atoms with E-state index in [2.05, 4.69) is 93.4 Å². The van der Waals surface area contributed by atoms with Crippen LogP contribution in [0.4, 0.5) is 17.3 Å². The van der Waals surface area contributed by atoms with Crippen LogP contribution in [-0.4, -0.2) is 57.5 Å². The largest absolute Gasteiger partial charge is 0.399 e. The molecule has 6 rings (SSSR count). The molecule has 0 spiro atoms. The van der Waals surface area contributed by atoms with Crippen LogP contribution in [0.15, 0.2) is 55.6 Å². The van der Waals surface area contributed by atoms with Crippen molar-refractivity contribution >= 4 is 39.8 Å². The van der Waals surface area contributed by atoms with E-state index in [1.165, 1.54) is 16.8 Å². The van der Waals surface area contributed by atoms with Crippen LogP contribution >= 0.6 is 0 Å². The predicted octanol–water partition coefficient (Wildman–Crippen LogP) is 5.38. The Morgan fingerprint density at radius 1 is 0.979 bits per heavy atom. The second-order valence-electron chi connectivity index (χ2n) is 13.6. The summed E-state index contributed by atoms with van der Waals surface area (Å²) < 4.78 is 4.40. The third kappa shape index (κ3) is 7.08. The second kappa shape index (κ2) is 14.2. The second-order valence-corrected chi connectivity index (χ2v) is 13.6. The molecule has 4 heterocycles. The van der Waals surface area contributed by atoms with Crippen molar-refractivity contribution in [2.75, 3.05) is 49.6 Å². The molecule has 2 aromatic heterocycles. The summed E-state index contributed by atoms with van der Waals surface area (Å²) in [7, 11) is 2.21. The SMILES string of the molecule is C=C(N)c1cc(N)c2c(c1)CCC(C1CN(C)C1)CCc1cc(C(=C)N)cc3nc(NCCc4cc(C)nn4CC)n(c13)C/C=C/CN2. The van der Waals surface area contributed by atoms with E-state index in [0.29, 0.717) is 42.0 Å². The van der Waals surface area contributed by atoms with Gasteiger partial charge in [-0.15, -0.1) is 0 Å². The molecular formula is C38H52N10. The summed E-state index contributed by atoms with van der Waals surface area (Å²) in [5.74, 6) is 2.05. The van der Waals surface area contributed by atoms with Gasteiger partial charge in [-0.25, -0.2) is 4.98 Å². The van der Waals surface area contributed by atoms with Gasteiger partial charge in [-0.05, 0) is 111 Å². The van der Waals surface area contributed by atoms with Gasteiger partial charge in [0, 0.05) is 62.8 Å². The summed E-state index contributed by atoms with van der Waals surface area (Å²) in [4.78, 5) is 7.56. The Hall–Kier alpha value is -4.70. The molecule has 1 atom stereocenters. The Balaban J connectivity index is 1.37. The van der Waals surface area contributed by atoms with Gasteiger partial charge in [0.1, 0.15) is 0 Å². The maximum absolute atomic E-state index is 6.62. The molecule has 48 heavy (non-hydrogen) atoms. The van der Waals surface area contributed by atoms with E-state index in [9.17, 15) is 0 Å². The molecule has 0 amide bonds. The standard InChI is InChI=1S/C38H52N10/c1-6-48-33(17-24(2)45-48)13-15-43-38-44-35-21-31(26(4)40)19-29-12-10-27(32-22-46(5)23-32)9-11-28-18-30(25(3)39)20-34(41)36(28)42-14-7-8-16-47(38)37(29)35/h7-8,17-21,27,32,42H,3-4,6,9-16,22-23,39-41H2,1-2,5H3,(H,43,44)/b8-7+. The fourth-order valence-electron chi connectivity index (χ4n) is 7.51. The number of nitrogen functional groups attached to an aromatic ring is 1. The van der Waals surface area contributed by atoms with Crippen molar-refractivity contribution in [1.82, 2.24) is 24.2 Å². The number of fused-ring (bicyclic) bond motifs is 1. The zero-order chi connectivity index (χ0) is 33.9. The molecule has 0 saturated carbocycles. The molecule has 10 nitrogen and oxygen atoms in total. The number of benzene rings is 2. The van der Waals surface area contributed by atoms with Gasteiger partial charge in [-0.3, -0.25) is 4.68 Å². The molecule has 1 unspecified atom stereocenters. The topological polar surface area (TPSA) is 141 Å². The molecule has 2 aliphatic heterocycles. The van der Waals surface area contributed by atoms with Gasteiger partial charge in [-0.2, -0.15) is 5.10 Å². The highest BCUT2D eigenvalue weighted by Gasteiger charge is 2.31. The van der Waals surface area contributed by atoms with E-state index in [0.717, 1.165) is 97.8 Å². The minimum absolute atomic E-state index is 0.536. The number of imidazole rings is 1. The maximum Gasteiger partial charge on any atom is 0.204 e. The maximum atomic E-state index is 6.62. The zero-order valence-electron chi connectivity index (χ0n) is 28.9. The van der Waals surface area contributed by atoms with Crippen LogP contribution in [0.1, 0.15) is 53.4 Å². The molecule has 0 bridgehead atoms. The molecule has 1 saturated heterocycles. The summed E-state index contributed by atoms with van der Waals surface area (Å²) in [6.07, 6.45) is 9.20. The highest BCUT2D eigenvalue weighted by molar-refractivity contribution is 5.86. The molecule has 10 heteroatoms. The van der Waals surface area contributed by atoms with Gasteiger partial charge < -0.3 is 37.3 Å². The molecule has 4 aromatic rings. The lowest BCUT2D eigenvalue weighted by molar-refractivity contribution is 0.0750. The summed E-state index contributed by atoms with van der Waals surface area (Å²) in [6, 6.07) is 10.6. The molecule has 2 aliphatic rings. The quantitative estimate of drug-likeness (QED) is 0.127. The summed E-state index contributed by atoms with van der Waals surface area (Å²) >= 11 is 0. The number of anilines is 3. The number of allylic oxidation sites excluding steroid dienone is 1. The van der Waals surface area contributed by atoms with E-state index in [4.69, 9.17) is 22.2 Å². The van der Waals surface area contributed by atoms with E-state index in [1.807, 2.05) is 13.0 Å². The third-order valence-electron chi connectivity index (χ3n) is 10.0. The van der Waals surface area contributed by atoms with Crippen LogP contribution < -0.4 is 27.8 Å². The van der Waals surface area contributed by atoms with Crippen LogP contribution in [0, 0.1) is 18.8 Å². The lowest BCUT2D eigenvalue weighted by atomic mass is 9.78. The van der Waals surface area contributed by atoms with Crippen molar-refractivity contribution in [3.05, 3.63) is 89.3 Å². The first-order chi connectivity index (χ1) is 23.1. The number of nitrogens with zero attached hydrogens (tertiary/aromatic N) is 5. The van der Waals surface area contributed by atoms with Gasteiger partial charge in [0.15, 0.2) is 0 Å². The van der Waals surface area contributed by atoms with Gasteiger partial charge in [-0.1, -0.05) is 25.3 Å². The number of nitrogens with two attached hydrogens (primary N) is 3. The number of hydrogen-bond acceptors (Lipinski definition) is 8. The Bertz CT molecular complexity index is 1840. The van der Waals surface area contributed by atoms with E-state index in [1.54, 1.807) is 0 Å². The fraction of sp³-hybridized carbons (Fsp3) is 0.421. The van der Waals surface area contributed by atoms with Crippen molar-refractivity contribution < 1.29 is 0 Å². The summed E-state index contributed by atoms with van der Waals surface area (Å²) in [5, 5.41) is 11.9. The van der Waals surface area contributed by atoms with E-state index >= 15 is 0 Å². The molecule has 0 radical (unpaired) electrons. The van der Waals surface area contributed by atoms with E-state index in [-0.39, 0.29) is 0 Å². The van der Waals surface area contributed by atoms with Crippen LogP contribution in [0.25, 0.3) is 22.4 Å². The van der Waals surface area contributed by atoms with Gasteiger partial charge in [0.05, 0.1) is 28.1 Å². The smallest absolute Gasteiger partial charge is 0.204 e. The molecule has 1 fully saturated rings. The number of nitrogens with one attached hydrogen (secondary N) is 2. The van der Waals surface area contributed by atoms with Crippen LogP contribution in [0.3, 0.4) is 0 Å². The minimum atomic E-state index is 0.536. The number of likely N-dealkylation sites (tertiary alicyclic amines) is 1. The molecular weight excluding hydrogens is 596 g/mol. The van der Waals surface area contributed by atoms with Gasteiger partial charge in [0.25, 0.3) is 0 Å². The first-order valence-corrected chi connectivity index (χ1v) is 17.3. The van der Waals surface area contributed by atoms with Crippen LogP contribution in [0.5, 0.6) is 0 Å². The highest BCUT2D eigenvalue weighted by atomic mass is 15.3. The number of aromatic nitrogens is 4. The monoisotopic (exact) mass is 648 g/mol. The fourth-order valence-corrected chi connectivity index (χ4v) is 7.51. The van der Waals surface area contributed by atoms with Crippen molar-refractivity contribution in [2.24, 2.45) is 23.3 Å². The number of aryl methyl sites for hydroxylation is 4. The molecule has 254 valence electrons. The lowest BCUT2D eigenvalue weighted by Crippen LogP contribution is -2.47. The number of rotatable bonds is 8. The van der Waals surface area contributed by atoms with Crippen molar-refractivity contribution in [2.45, 2.75) is 59.0 Å². The van der Waals surface area contributed by atoms with Crippen LogP contribution in [-0.2, 0) is 32.4 Å². The minimum Gasteiger partial charge on any atom is -0.399 e. The predicted molar refractivity (Wildman–Crippen MR) is 201 cm³/mol.